The molecule has 0 bridgehead atoms. The summed E-state index contributed by atoms with van der Waals surface area (Å²) in [6.07, 6.45) is 0. The van der Waals surface area contributed by atoms with E-state index >= 15 is 0 Å². The Kier molecular flexibility index (Phi) is 9.61. The van der Waals surface area contributed by atoms with E-state index < -0.39 is 16.9 Å². The molecule has 1 nitrogen and oxygen atoms in total. The zero-order valence-electron chi connectivity index (χ0n) is 29.3. The molecule has 0 amide bonds. The molecule has 0 N–H and O–H groups in total. The van der Waals surface area contributed by atoms with E-state index in [1.165, 1.54) is 52.6 Å². The Morgan fingerprint density at radius 3 is 1.10 bits per heavy atom. The quantitative estimate of drug-likeness (QED) is 0.127. The van der Waals surface area contributed by atoms with Crippen LogP contribution in [0.15, 0.2) is 223 Å². The van der Waals surface area contributed by atoms with Crippen molar-refractivity contribution in [3.05, 3.63) is 224 Å². The molecule has 0 saturated heterocycles. The molecule has 0 spiro atoms. The zero-order chi connectivity index (χ0) is 35.2. The largest absolute Gasteiger partial charge is 0.456 e. The van der Waals surface area contributed by atoms with Crippen LogP contribution in [0.2, 0.25) is 0 Å². The first kappa shape index (κ1) is 33.2. The Hall–Kier alpha value is -6.01. The van der Waals surface area contributed by atoms with Crippen LogP contribution >= 0.6 is 0 Å². The van der Waals surface area contributed by atoms with Crippen molar-refractivity contribution < 1.29 is 4.42 Å². The molecule has 0 fully saturated rings. The number of fused-ring (bicyclic) bond motifs is 3. The van der Waals surface area contributed by atoms with Crippen molar-refractivity contribution in [1.29, 1.82) is 0 Å². The van der Waals surface area contributed by atoms with E-state index in [-0.39, 0.29) is 0 Å². The van der Waals surface area contributed by atoms with Gasteiger partial charge in [0.1, 0.15) is 20.0 Å². The summed E-state index contributed by atoms with van der Waals surface area (Å²) in [7, 11) is -3.84. The maximum atomic E-state index is 6.21. The minimum Gasteiger partial charge on any atom is -0.456 e. The van der Waals surface area contributed by atoms with Crippen LogP contribution in [0.25, 0.3) is 21.9 Å². The first-order valence-electron chi connectivity index (χ1n) is 18.0. The Bertz CT molecular complexity index is 2310. The molecule has 0 aliphatic rings. The fourth-order valence-corrected chi connectivity index (χ4v) is 15.5. The monoisotopic (exact) mass is 700 g/mol. The molecular weight excluding hydrogens is 661 g/mol. The summed E-state index contributed by atoms with van der Waals surface area (Å²) in [5.41, 5.74) is 3.13. The van der Waals surface area contributed by atoms with Crippen molar-refractivity contribution >= 4 is 75.1 Å². The van der Waals surface area contributed by atoms with Crippen LogP contribution in [-0.2, 0) is 0 Å². The summed E-state index contributed by atoms with van der Waals surface area (Å²) in [5, 5.41) is 12.3. The van der Waals surface area contributed by atoms with Crippen molar-refractivity contribution in [2.24, 2.45) is 0 Å². The first-order chi connectivity index (χ1) is 25.7. The molecule has 3 heteroatoms. The maximum Gasteiger partial charge on any atom is 0.179 e. The van der Waals surface area contributed by atoms with Gasteiger partial charge in [-0.25, -0.2) is 0 Å². The summed E-state index contributed by atoms with van der Waals surface area (Å²) in [6.45, 7) is 2.14. The zero-order valence-corrected chi connectivity index (χ0v) is 31.4. The molecule has 1 heterocycles. The van der Waals surface area contributed by atoms with E-state index in [0.29, 0.717) is 0 Å². The van der Waals surface area contributed by atoms with Crippen LogP contribution in [0.3, 0.4) is 0 Å². The van der Waals surface area contributed by atoms with Crippen LogP contribution in [-0.4, -0.2) is 16.9 Å². The van der Waals surface area contributed by atoms with E-state index in [1.807, 2.05) is 0 Å². The number of rotatable bonds is 7. The second kappa shape index (κ2) is 15.1. The molecule has 0 saturated carbocycles. The predicted molar refractivity (Wildman–Crippen MR) is 227 cm³/mol. The lowest BCUT2D eigenvalue weighted by atomic mass is 10.1. The molecule has 0 aliphatic carbocycles. The Morgan fingerprint density at radius 1 is 0.346 bits per heavy atom. The number of benzene rings is 8. The van der Waals surface area contributed by atoms with Crippen molar-refractivity contribution in [2.75, 3.05) is 0 Å². The molecule has 0 atom stereocenters. The van der Waals surface area contributed by atoms with Crippen LogP contribution < -0.4 is 36.3 Å². The summed E-state index contributed by atoms with van der Waals surface area (Å²) in [5.74, 6) is 0. The highest BCUT2D eigenvalue weighted by molar-refractivity contribution is 7.20. The molecule has 0 radical (unpaired) electrons. The van der Waals surface area contributed by atoms with Crippen molar-refractivity contribution in [1.82, 2.24) is 0 Å². The van der Waals surface area contributed by atoms with E-state index in [9.17, 15) is 0 Å². The Labute approximate surface area is 309 Å². The minimum atomic E-state index is -2.53. The van der Waals surface area contributed by atoms with Gasteiger partial charge in [-0.3, -0.25) is 0 Å². The van der Waals surface area contributed by atoms with Crippen LogP contribution in [0, 0.1) is 6.92 Å². The van der Waals surface area contributed by atoms with Gasteiger partial charge >= 0.3 is 0 Å². The summed E-state index contributed by atoms with van der Waals surface area (Å²) in [6, 6.07) is 79.0. The third-order valence-electron chi connectivity index (χ3n) is 10.1. The van der Waals surface area contributed by atoms with Gasteiger partial charge in [0.2, 0.25) is 0 Å². The number of furan rings is 1. The van der Waals surface area contributed by atoms with Gasteiger partial charge in [-0.05, 0) is 45.9 Å². The van der Waals surface area contributed by atoms with Crippen molar-refractivity contribution in [2.45, 2.75) is 6.92 Å². The number of aryl methyl sites for hydroxylation is 1. The van der Waals surface area contributed by atoms with E-state index in [4.69, 9.17) is 4.42 Å². The highest BCUT2D eigenvalue weighted by atomic mass is 28.3. The molecule has 250 valence electrons. The second-order valence-corrected chi connectivity index (χ2v) is 20.0. The summed E-state index contributed by atoms with van der Waals surface area (Å²) in [4.78, 5) is 0. The predicted octanol–water partition coefficient (Wildman–Crippen LogP) is 7.21. The highest BCUT2D eigenvalue weighted by Gasteiger charge is 2.41. The molecule has 9 aromatic rings. The molecular formula is C49H40OSi2. The first-order valence-corrected chi connectivity index (χ1v) is 21.7. The smallest absolute Gasteiger partial charge is 0.179 e. The Morgan fingerprint density at radius 2 is 0.692 bits per heavy atom. The van der Waals surface area contributed by atoms with Crippen molar-refractivity contribution in [3.63, 3.8) is 0 Å². The summed E-state index contributed by atoms with van der Waals surface area (Å²) < 4.78 is 6.21. The number of hydrogen-bond donors (Lipinski definition) is 0. The average molecular weight is 701 g/mol. The molecule has 0 aliphatic heterocycles. The normalized spacial score (nSPS) is 11.3. The van der Waals surface area contributed by atoms with Gasteiger partial charge in [0.05, 0.1) is 0 Å². The summed E-state index contributed by atoms with van der Waals surface area (Å²) >= 11 is 0. The lowest BCUT2D eigenvalue weighted by Gasteiger charge is -2.34. The third kappa shape index (κ3) is 6.48. The van der Waals surface area contributed by atoms with Gasteiger partial charge in [-0.2, -0.15) is 0 Å². The number of hydrogen-bond acceptors (Lipinski definition) is 1. The lowest BCUT2D eigenvalue weighted by Crippen LogP contribution is -2.74. The van der Waals surface area contributed by atoms with Gasteiger partial charge in [-0.1, -0.05) is 221 Å². The van der Waals surface area contributed by atoms with Gasteiger partial charge in [0.25, 0.3) is 0 Å². The van der Waals surface area contributed by atoms with E-state index in [1.54, 1.807) is 0 Å². The van der Waals surface area contributed by atoms with Crippen LogP contribution in [0.5, 0.6) is 0 Å². The minimum absolute atomic E-state index is 0.941. The van der Waals surface area contributed by atoms with Crippen LogP contribution in [0.1, 0.15) is 5.56 Å². The molecule has 9 rings (SSSR count). The Balaban J connectivity index is 0.000000173. The molecule has 52 heavy (non-hydrogen) atoms. The van der Waals surface area contributed by atoms with Gasteiger partial charge in [0, 0.05) is 10.8 Å². The van der Waals surface area contributed by atoms with Gasteiger partial charge in [0.15, 0.2) is 8.07 Å². The van der Waals surface area contributed by atoms with Gasteiger partial charge in [-0.15, -0.1) is 0 Å². The fourth-order valence-electron chi connectivity index (χ4n) is 7.70. The lowest BCUT2D eigenvalue weighted by molar-refractivity contribution is 0.669. The second-order valence-electron chi connectivity index (χ2n) is 13.3. The molecule has 0 unspecified atom stereocenters. The SMILES string of the molecule is Cc1ccc2oc3ccc([Si](c4ccccc4)(c4ccccc4)c4ccccc4)cc3c2c1.c1ccc([SiH](c2ccccc2)c2ccccc2)cc1. The van der Waals surface area contributed by atoms with E-state index in [0.717, 1.165) is 11.2 Å². The highest BCUT2D eigenvalue weighted by Crippen LogP contribution is 2.29. The van der Waals surface area contributed by atoms with Crippen LogP contribution in [0.4, 0.5) is 0 Å². The molecule has 1 aromatic heterocycles. The maximum absolute atomic E-state index is 6.21. The third-order valence-corrected chi connectivity index (χ3v) is 18.0. The standard InChI is InChI=1S/C31H24OSi.C18H16Si/c1-23-17-19-30-28(21-23)29-22-27(18-20-31(29)32-30)33(24-11-5-2-6-12-24,25-13-7-3-8-14-25)26-15-9-4-10-16-26;1-4-10-16(11-5-1)19(17-12-6-2-7-13-17)18-14-8-3-9-15-18/h2-22H,1H3;1-15,19H. The average Bonchev–Trinajstić information content (AvgIpc) is 3.58. The molecule has 8 aromatic carbocycles. The van der Waals surface area contributed by atoms with E-state index in [2.05, 4.69) is 225 Å². The van der Waals surface area contributed by atoms with Crippen molar-refractivity contribution in [3.8, 4) is 0 Å². The topological polar surface area (TPSA) is 13.1 Å². The fraction of sp³-hybridized carbons (Fsp3) is 0.0204. The van der Waals surface area contributed by atoms with Gasteiger partial charge < -0.3 is 4.42 Å².